The van der Waals surface area contributed by atoms with E-state index in [9.17, 15) is 0 Å². The quantitative estimate of drug-likeness (QED) is 0.901. The van der Waals surface area contributed by atoms with Crippen LogP contribution in [0.15, 0.2) is 6.33 Å². The maximum absolute atomic E-state index is 5.87. The maximum Gasteiger partial charge on any atom is 0.204 e. The zero-order chi connectivity index (χ0) is 14.8. The van der Waals surface area contributed by atoms with Crippen LogP contribution in [0.2, 0.25) is 0 Å². The molecule has 0 spiro atoms. The maximum atomic E-state index is 5.87. The number of ether oxygens (including phenoxy) is 1. The minimum Gasteiger partial charge on any atom is -0.490 e. The Bertz CT molecular complexity index is 456. The fraction of sp³-hybridized carbons (Fsp3) is 0.733. The van der Waals surface area contributed by atoms with Gasteiger partial charge in [0.1, 0.15) is 6.33 Å². The third-order valence-corrected chi connectivity index (χ3v) is 4.27. The Hall–Kier alpha value is -1.52. The number of methoxy groups -OCH3 is 1. The van der Waals surface area contributed by atoms with Crippen molar-refractivity contribution in [3.05, 3.63) is 6.33 Å². The van der Waals surface area contributed by atoms with Crippen molar-refractivity contribution in [2.24, 2.45) is 11.3 Å². The Labute approximate surface area is 121 Å². The van der Waals surface area contributed by atoms with Gasteiger partial charge in [-0.3, -0.25) is 0 Å². The standard InChI is InChI=1S/C15H26N4O/c1-15(2,3)11-6-5-8-19(9-7-11)14-12(20-4)13(16)17-10-18-14/h10-11H,5-9H2,1-4H3,(H2,16,17,18). The van der Waals surface area contributed by atoms with Crippen LogP contribution in [0, 0.1) is 11.3 Å². The Morgan fingerprint density at radius 3 is 2.65 bits per heavy atom. The molecule has 5 nitrogen and oxygen atoms in total. The Morgan fingerprint density at radius 1 is 1.25 bits per heavy atom. The molecule has 0 aliphatic carbocycles. The van der Waals surface area contributed by atoms with Gasteiger partial charge in [-0.2, -0.15) is 0 Å². The summed E-state index contributed by atoms with van der Waals surface area (Å²) in [5, 5.41) is 0. The summed E-state index contributed by atoms with van der Waals surface area (Å²) in [4.78, 5) is 10.7. The molecule has 0 aromatic carbocycles. The second-order valence-corrected chi connectivity index (χ2v) is 6.60. The number of aromatic nitrogens is 2. The van der Waals surface area contributed by atoms with Crippen LogP contribution in [0.3, 0.4) is 0 Å². The van der Waals surface area contributed by atoms with Gasteiger partial charge in [0.25, 0.3) is 0 Å². The van der Waals surface area contributed by atoms with Crippen LogP contribution in [-0.4, -0.2) is 30.2 Å². The monoisotopic (exact) mass is 278 g/mol. The molecule has 1 aliphatic rings. The van der Waals surface area contributed by atoms with Crippen LogP contribution < -0.4 is 15.4 Å². The van der Waals surface area contributed by atoms with Gasteiger partial charge in [-0.1, -0.05) is 20.8 Å². The van der Waals surface area contributed by atoms with E-state index in [4.69, 9.17) is 10.5 Å². The molecule has 2 heterocycles. The summed E-state index contributed by atoms with van der Waals surface area (Å²) in [6, 6.07) is 0. The highest BCUT2D eigenvalue weighted by Gasteiger charge is 2.28. The van der Waals surface area contributed by atoms with Crippen LogP contribution in [0.25, 0.3) is 0 Å². The molecule has 1 unspecified atom stereocenters. The van der Waals surface area contributed by atoms with Crippen LogP contribution >= 0.6 is 0 Å². The van der Waals surface area contributed by atoms with Gasteiger partial charge in [0.2, 0.25) is 5.75 Å². The first kappa shape index (κ1) is 14.9. The van der Waals surface area contributed by atoms with Crippen LogP contribution in [0.1, 0.15) is 40.0 Å². The van der Waals surface area contributed by atoms with Crippen LogP contribution in [0.4, 0.5) is 11.6 Å². The van der Waals surface area contributed by atoms with Crippen molar-refractivity contribution in [3.63, 3.8) is 0 Å². The molecule has 1 aromatic heterocycles. The fourth-order valence-corrected chi connectivity index (χ4v) is 2.97. The van der Waals surface area contributed by atoms with Crippen molar-refractivity contribution in [3.8, 4) is 5.75 Å². The number of nitrogens with zero attached hydrogens (tertiary/aromatic N) is 3. The summed E-state index contributed by atoms with van der Waals surface area (Å²) in [5.74, 6) is 2.59. The Kier molecular flexibility index (Phi) is 4.35. The molecule has 1 fully saturated rings. The van der Waals surface area contributed by atoms with Crippen LogP contribution in [0.5, 0.6) is 5.75 Å². The van der Waals surface area contributed by atoms with Gasteiger partial charge in [-0.05, 0) is 30.6 Å². The summed E-state index contributed by atoms with van der Waals surface area (Å²) in [7, 11) is 1.62. The molecular weight excluding hydrogens is 252 g/mol. The summed E-state index contributed by atoms with van der Waals surface area (Å²) in [6.07, 6.45) is 5.13. The molecule has 112 valence electrons. The highest BCUT2D eigenvalue weighted by molar-refractivity contribution is 5.62. The lowest BCUT2D eigenvalue weighted by atomic mass is 9.77. The fourth-order valence-electron chi connectivity index (χ4n) is 2.97. The topological polar surface area (TPSA) is 64.3 Å². The molecular formula is C15H26N4O. The summed E-state index contributed by atoms with van der Waals surface area (Å²) in [6.45, 7) is 8.98. The third-order valence-electron chi connectivity index (χ3n) is 4.27. The van der Waals surface area contributed by atoms with Gasteiger partial charge in [-0.15, -0.1) is 0 Å². The van der Waals surface area contributed by atoms with Crippen molar-refractivity contribution in [1.82, 2.24) is 9.97 Å². The molecule has 0 saturated carbocycles. The number of hydrogen-bond donors (Lipinski definition) is 1. The minimum absolute atomic E-state index is 0.366. The van der Waals surface area contributed by atoms with Crippen molar-refractivity contribution in [2.75, 3.05) is 30.8 Å². The lowest BCUT2D eigenvalue weighted by molar-refractivity contribution is 0.220. The zero-order valence-corrected chi connectivity index (χ0v) is 13.0. The summed E-state index contributed by atoms with van der Waals surface area (Å²) in [5.41, 5.74) is 6.24. The van der Waals surface area contributed by atoms with Gasteiger partial charge in [0, 0.05) is 13.1 Å². The molecule has 0 bridgehead atoms. The number of hydrogen-bond acceptors (Lipinski definition) is 5. The Balaban J connectivity index is 2.17. The molecule has 1 aliphatic heterocycles. The number of rotatable bonds is 2. The third kappa shape index (κ3) is 3.14. The van der Waals surface area contributed by atoms with E-state index in [1.54, 1.807) is 7.11 Å². The Morgan fingerprint density at radius 2 is 2.00 bits per heavy atom. The van der Waals surface area contributed by atoms with E-state index in [0.717, 1.165) is 24.8 Å². The SMILES string of the molecule is COc1c(N)ncnc1N1CCCC(C(C)(C)C)CC1. The van der Waals surface area contributed by atoms with E-state index in [-0.39, 0.29) is 0 Å². The lowest BCUT2D eigenvalue weighted by Crippen LogP contribution is -2.27. The highest BCUT2D eigenvalue weighted by Crippen LogP contribution is 2.37. The summed E-state index contributed by atoms with van der Waals surface area (Å²) < 4.78 is 5.37. The van der Waals surface area contributed by atoms with Gasteiger partial charge in [0.05, 0.1) is 7.11 Å². The van der Waals surface area contributed by atoms with E-state index >= 15 is 0 Å². The van der Waals surface area contributed by atoms with E-state index in [1.165, 1.54) is 25.6 Å². The smallest absolute Gasteiger partial charge is 0.204 e. The number of nitrogen functional groups attached to an aromatic ring is 1. The molecule has 2 N–H and O–H groups in total. The van der Waals surface area contributed by atoms with Gasteiger partial charge in [0.15, 0.2) is 11.6 Å². The van der Waals surface area contributed by atoms with Crippen molar-refractivity contribution < 1.29 is 4.74 Å². The van der Waals surface area contributed by atoms with Crippen molar-refractivity contribution >= 4 is 11.6 Å². The summed E-state index contributed by atoms with van der Waals surface area (Å²) >= 11 is 0. The first-order valence-corrected chi connectivity index (χ1v) is 7.33. The molecule has 0 amide bonds. The van der Waals surface area contributed by atoms with Crippen molar-refractivity contribution in [1.29, 1.82) is 0 Å². The molecule has 1 aromatic rings. The predicted molar refractivity (Wildman–Crippen MR) is 82.0 cm³/mol. The lowest BCUT2D eigenvalue weighted by Gasteiger charge is -2.30. The second-order valence-electron chi connectivity index (χ2n) is 6.60. The van der Waals surface area contributed by atoms with Crippen molar-refractivity contribution in [2.45, 2.75) is 40.0 Å². The van der Waals surface area contributed by atoms with Gasteiger partial charge >= 0.3 is 0 Å². The first-order valence-electron chi connectivity index (χ1n) is 7.33. The molecule has 1 atom stereocenters. The second kappa shape index (κ2) is 5.85. The predicted octanol–water partition coefficient (Wildman–Crippen LogP) is 2.72. The van der Waals surface area contributed by atoms with E-state index in [1.807, 2.05) is 0 Å². The normalized spacial score (nSPS) is 20.6. The molecule has 1 saturated heterocycles. The average Bonchev–Trinajstić information content (AvgIpc) is 2.63. The molecule has 20 heavy (non-hydrogen) atoms. The first-order chi connectivity index (χ1) is 9.43. The van der Waals surface area contributed by atoms with E-state index < -0.39 is 0 Å². The van der Waals surface area contributed by atoms with Crippen LogP contribution in [-0.2, 0) is 0 Å². The largest absolute Gasteiger partial charge is 0.490 e. The number of anilines is 2. The van der Waals surface area contributed by atoms with Gasteiger partial charge in [-0.25, -0.2) is 9.97 Å². The zero-order valence-electron chi connectivity index (χ0n) is 13.0. The number of nitrogens with two attached hydrogens (primary N) is 1. The molecule has 0 radical (unpaired) electrons. The van der Waals surface area contributed by atoms with Gasteiger partial charge < -0.3 is 15.4 Å². The minimum atomic E-state index is 0.366. The van der Waals surface area contributed by atoms with E-state index in [0.29, 0.717) is 17.0 Å². The molecule has 5 heteroatoms. The molecule has 2 rings (SSSR count). The van der Waals surface area contributed by atoms with E-state index in [2.05, 4.69) is 35.6 Å². The highest BCUT2D eigenvalue weighted by atomic mass is 16.5. The average molecular weight is 278 g/mol.